The third kappa shape index (κ3) is 4.21. The largest absolute Gasteiger partial charge is 0.325 e. The van der Waals surface area contributed by atoms with Crippen LogP contribution in [0.1, 0.15) is 16.7 Å². The second-order valence-corrected chi connectivity index (χ2v) is 9.69. The van der Waals surface area contributed by atoms with Crippen molar-refractivity contribution in [3.05, 3.63) is 94.3 Å². The van der Waals surface area contributed by atoms with Crippen molar-refractivity contribution in [1.29, 1.82) is 0 Å². The molecule has 4 rings (SSSR count). The summed E-state index contributed by atoms with van der Waals surface area (Å²) in [4.78, 5) is 12.7. The Balaban J connectivity index is 1.73. The SMILES string of the molecule is Cc1ccc(NC(=O)[C@H]2Cc3ccccc3CN2S(=O)(=O)c2ccccc2F)cc1Cl. The Morgan fingerprint density at radius 1 is 1.06 bits per heavy atom. The van der Waals surface area contributed by atoms with Crippen molar-refractivity contribution in [3.63, 3.8) is 0 Å². The minimum Gasteiger partial charge on any atom is -0.325 e. The molecule has 0 aromatic heterocycles. The molecule has 0 radical (unpaired) electrons. The van der Waals surface area contributed by atoms with E-state index in [-0.39, 0.29) is 13.0 Å². The zero-order valence-electron chi connectivity index (χ0n) is 16.7. The maximum Gasteiger partial charge on any atom is 0.247 e. The Kier molecular flexibility index (Phi) is 5.83. The van der Waals surface area contributed by atoms with Crippen LogP contribution < -0.4 is 5.32 Å². The highest BCUT2D eigenvalue weighted by Crippen LogP contribution is 2.31. The van der Waals surface area contributed by atoms with Crippen molar-refractivity contribution in [2.75, 3.05) is 5.32 Å². The number of aryl methyl sites for hydroxylation is 1. The number of carbonyl (C=O) groups excluding carboxylic acids is 1. The quantitative estimate of drug-likeness (QED) is 0.624. The van der Waals surface area contributed by atoms with Gasteiger partial charge in [-0.1, -0.05) is 54.1 Å². The lowest BCUT2D eigenvalue weighted by molar-refractivity contribution is -0.120. The third-order valence-corrected chi connectivity index (χ3v) is 7.67. The fourth-order valence-corrected chi connectivity index (χ4v) is 5.46. The summed E-state index contributed by atoms with van der Waals surface area (Å²) in [7, 11) is -4.27. The first-order valence-corrected chi connectivity index (χ1v) is 11.5. The number of anilines is 1. The average molecular weight is 459 g/mol. The van der Waals surface area contributed by atoms with Gasteiger partial charge in [0.25, 0.3) is 0 Å². The second kappa shape index (κ2) is 8.42. The van der Waals surface area contributed by atoms with E-state index in [9.17, 15) is 17.6 Å². The normalized spacial score (nSPS) is 16.5. The molecule has 0 saturated carbocycles. The van der Waals surface area contributed by atoms with E-state index >= 15 is 0 Å². The first kappa shape index (κ1) is 21.5. The summed E-state index contributed by atoms with van der Waals surface area (Å²) in [6.45, 7) is 1.81. The van der Waals surface area contributed by atoms with Gasteiger partial charge in [-0.2, -0.15) is 4.31 Å². The Labute approximate surface area is 185 Å². The summed E-state index contributed by atoms with van der Waals surface area (Å²) < 4.78 is 42.2. The number of carbonyl (C=O) groups is 1. The molecule has 0 saturated heterocycles. The fraction of sp³-hybridized carbons (Fsp3) is 0.174. The lowest BCUT2D eigenvalue weighted by Crippen LogP contribution is -2.50. The molecule has 160 valence electrons. The summed E-state index contributed by atoms with van der Waals surface area (Å²) >= 11 is 6.15. The molecule has 0 fully saturated rings. The molecule has 1 aliphatic rings. The molecule has 0 bridgehead atoms. The number of rotatable bonds is 4. The first-order chi connectivity index (χ1) is 14.8. The number of halogens is 2. The number of hydrogen-bond acceptors (Lipinski definition) is 3. The fourth-order valence-electron chi connectivity index (χ4n) is 3.65. The first-order valence-electron chi connectivity index (χ1n) is 9.67. The van der Waals surface area contributed by atoms with Gasteiger partial charge in [0.1, 0.15) is 16.8 Å². The van der Waals surface area contributed by atoms with Gasteiger partial charge >= 0.3 is 0 Å². The van der Waals surface area contributed by atoms with Crippen LogP contribution in [-0.4, -0.2) is 24.7 Å². The van der Waals surface area contributed by atoms with Crippen molar-refractivity contribution in [3.8, 4) is 0 Å². The zero-order valence-corrected chi connectivity index (χ0v) is 18.3. The van der Waals surface area contributed by atoms with E-state index in [1.54, 1.807) is 24.3 Å². The number of sulfonamides is 1. The molecule has 3 aromatic rings. The van der Waals surface area contributed by atoms with Crippen molar-refractivity contribution in [1.82, 2.24) is 4.31 Å². The third-order valence-electron chi connectivity index (χ3n) is 5.37. The highest BCUT2D eigenvalue weighted by molar-refractivity contribution is 7.89. The molecule has 31 heavy (non-hydrogen) atoms. The maximum atomic E-state index is 14.4. The van der Waals surface area contributed by atoms with Gasteiger partial charge in [0.05, 0.1) is 0 Å². The predicted octanol–water partition coefficient (Wildman–Crippen LogP) is 4.54. The maximum absolute atomic E-state index is 14.4. The number of amides is 1. The van der Waals surface area contributed by atoms with Crippen LogP contribution in [0.4, 0.5) is 10.1 Å². The number of nitrogens with one attached hydrogen (secondary N) is 1. The summed E-state index contributed by atoms with van der Waals surface area (Å²) in [6.07, 6.45) is 0.176. The van der Waals surface area contributed by atoms with Gasteiger partial charge in [-0.05, 0) is 54.3 Å². The van der Waals surface area contributed by atoms with Crippen molar-refractivity contribution < 1.29 is 17.6 Å². The van der Waals surface area contributed by atoms with Gasteiger partial charge in [-0.3, -0.25) is 4.79 Å². The van der Waals surface area contributed by atoms with Crippen molar-refractivity contribution in [2.24, 2.45) is 0 Å². The van der Waals surface area contributed by atoms with Crippen LogP contribution in [0.2, 0.25) is 5.02 Å². The molecule has 1 amide bonds. The lowest BCUT2D eigenvalue weighted by Gasteiger charge is -2.35. The molecule has 1 aliphatic heterocycles. The zero-order chi connectivity index (χ0) is 22.2. The van der Waals surface area contributed by atoms with Gasteiger partial charge in [0, 0.05) is 17.3 Å². The molecule has 8 heteroatoms. The van der Waals surface area contributed by atoms with E-state index in [2.05, 4.69) is 5.32 Å². The van der Waals surface area contributed by atoms with Crippen LogP contribution in [-0.2, 0) is 27.8 Å². The van der Waals surface area contributed by atoms with Crippen LogP contribution in [0.3, 0.4) is 0 Å². The highest BCUT2D eigenvalue weighted by Gasteiger charge is 2.40. The van der Waals surface area contributed by atoms with Gasteiger partial charge in [0.2, 0.25) is 15.9 Å². The van der Waals surface area contributed by atoms with Gasteiger partial charge in [0.15, 0.2) is 0 Å². The molecule has 0 spiro atoms. The van der Waals surface area contributed by atoms with Gasteiger partial charge in [-0.15, -0.1) is 0 Å². The molecular formula is C23H20ClFN2O3S. The van der Waals surface area contributed by atoms with Crippen molar-refractivity contribution in [2.45, 2.75) is 30.8 Å². The van der Waals surface area contributed by atoms with Gasteiger partial charge in [-0.25, -0.2) is 12.8 Å². The van der Waals surface area contributed by atoms with E-state index < -0.39 is 32.7 Å². The van der Waals surface area contributed by atoms with Crippen molar-refractivity contribution >= 4 is 33.2 Å². The molecule has 0 unspecified atom stereocenters. The smallest absolute Gasteiger partial charge is 0.247 e. The minimum atomic E-state index is -4.27. The standard InChI is InChI=1S/C23H20ClFN2O3S/c1-15-10-11-18(13-19(15)24)26-23(28)21-12-16-6-2-3-7-17(16)14-27(21)31(29,30)22-9-5-4-8-20(22)25/h2-11,13,21H,12,14H2,1H3,(H,26,28)/t21-/m1/s1. The Hall–Kier alpha value is -2.74. The van der Waals surface area contributed by atoms with Crippen LogP contribution >= 0.6 is 11.6 Å². The van der Waals surface area contributed by atoms with E-state index in [0.717, 1.165) is 27.1 Å². The summed E-state index contributed by atoms with van der Waals surface area (Å²) in [5.74, 6) is -1.36. The van der Waals surface area contributed by atoms with Crippen LogP contribution in [0.15, 0.2) is 71.6 Å². The van der Waals surface area contributed by atoms with Crippen LogP contribution in [0.25, 0.3) is 0 Å². The lowest BCUT2D eigenvalue weighted by atomic mass is 9.95. The monoisotopic (exact) mass is 458 g/mol. The molecule has 1 heterocycles. The molecule has 5 nitrogen and oxygen atoms in total. The molecule has 3 aromatic carbocycles. The average Bonchev–Trinajstić information content (AvgIpc) is 2.75. The van der Waals surface area contributed by atoms with E-state index in [1.807, 2.05) is 25.1 Å². The Morgan fingerprint density at radius 2 is 1.74 bits per heavy atom. The van der Waals surface area contributed by atoms with E-state index in [1.165, 1.54) is 18.2 Å². The van der Waals surface area contributed by atoms with Crippen LogP contribution in [0.5, 0.6) is 0 Å². The van der Waals surface area contributed by atoms with Crippen LogP contribution in [0, 0.1) is 12.7 Å². The highest BCUT2D eigenvalue weighted by atomic mass is 35.5. The predicted molar refractivity (Wildman–Crippen MR) is 118 cm³/mol. The van der Waals surface area contributed by atoms with E-state index in [0.29, 0.717) is 10.7 Å². The summed E-state index contributed by atoms with van der Waals surface area (Å²) in [5, 5.41) is 3.24. The Morgan fingerprint density at radius 3 is 2.45 bits per heavy atom. The minimum absolute atomic E-state index is 0.0282. The molecule has 1 atom stereocenters. The summed E-state index contributed by atoms with van der Waals surface area (Å²) in [6, 6.07) is 16.5. The second-order valence-electron chi connectivity index (χ2n) is 7.42. The topological polar surface area (TPSA) is 66.5 Å². The Bertz CT molecular complexity index is 1260. The summed E-state index contributed by atoms with van der Waals surface area (Å²) in [5.41, 5.74) is 2.98. The molecule has 1 N–H and O–H groups in total. The molecule has 0 aliphatic carbocycles. The number of hydrogen-bond donors (Lipinski definition) is 1. The molecular weight excluding hydrogens is 439 g/mol. The number of nitrogens with zero attached hydrogens (tertiary/aromatic N) is 1. The van der Waals surface area contributed by atoms with Gasteiger partial charge < -0.3 is 5.32 Å². The number of benzene rings is 3. The number of fused-ring (bicyclic) bond motifs is 1. The van der Waals surface area contributed by atoms with E-state index in [4.69, 9.17) is 11.6 Å².